The summed E-state index contributed by atoms with van der Waals surface area (Å²) >= 11 is 0. The average Bonchev–Trinajstić information content (AvgIpc) is 3.34. The second-order valence-corrected chi connectivity index (χ2v) is 11.3. The van der Waals surface area contributed by atoms with Crippen LogP contribution in [0.1, 0.15) is 63.4 Å². The zero-order valence-electron chi connectivity index (χ0n) is 22.3. The Hall–Kier alpha value is -2.51. The summed E-state index contributed by atoms with van der Waals surface area (Å²) in [5.74, 6) is 1.33. The molecule has 3 unspecified atom stereocenters. The molecule has 2 aliphatic heterocycles. The summed E-state index contributed by atoms with van der Waals surface area (Å²) in [5.41, 5.74) is 1.36. The number of carboxylic acid groups (broad SMARTS) is 1. The van der Waals surface area contributed by atoms with Crippen LogP contribution in [0.25, 0.3) is 0 Å². The van der Waals surface area contributed by atoms with Gasteiger partial charge in [0.25, 0.3) is 0 Å². The molecule has 0 radical (unpaired) electrons. The van der Waals surface area contributed by atoms with Crippen LogP contribution in [0.4, 0.5) is 5.95 Å². The molecule has 1 aromatic heterocycles. The Balaban J connectivity index is 1.26. The van der Waals surface area contributed by atoms with Crippen molar-refractivity contribution in [2.75, 3.05) is 44.2 Å². The van der Waals surface area contributed by atoms with Crippen LogP contribution in [-0.4, -0.2) is 82.2 Å². The maximum absolute atomic E-state index is 12.5. The zero-order chi connectivity index (χ0) is 25.6. The molecule has 0 bridgehead atoms. The minimum absolute atomic E-state index is 0.289. The van der Waals surface area contributed by atoms with E-state index in [0.717, 1.165) is 70.9 Å². The predicted octanol–water partition coefficient (Wildman–Crippen LogP) is 4.52. The third-order valence-electron chi connectivity index (χ3n) is 9.08. The molecule has 37 heavy (non-hydrogen) atoms. The number of hydrogen-bond acceptors (Lipinski definition) is 6. The van der Waals surface area contributed by atoms with Gasteiger partial charge in [-0.3, -0.25) is 9.69 Å². The van der Waals surface area contributed by atoms with E-state index in [1.54, 1.807) is 0 Å². The Morgan fingerprint density at radius 1 is 1.00 bits per heavy atom. The molecule has 7 heteroatoms. The molecular formula is C30H43N5O2. The average molecular weight is 506 g/mol. The summed E-state index contributed by atoms with van der Waals surface area (Å²) in [7, 11) is 0. The maximum atomic E-state index is 12.5. The van der Waals surface area contributed by atoms with Crippen LogP contribution in [0.3, 0.4) is 0 Å². The van der Waals surface area contributed by atoms with Crippen molar-refractivity contribution in [3.05, 3.63) is 54.4 Å². The van der Waals surface area contributed by atoms with Crippen LogP contribution in [0.2, 0.25) is 0 Å². The monoisotopic (exact) mass is 505 g/mol. The van der Waals surface area contributed by atoms with Crippen molar-refractivity contribution < 1.29 is 9.90 Å². The van der Waals surface area contributed by atoms with Gasteiger partial charge in [-0.2, -0.15) is 0 Å². The van der Waals surface area contributed by atoms with Gasteiger partial charge in [-0.1, -0.05) is 49.6 Å². The zero-order valence-corrected chi connectivity index (χ0v) is 22.3. The van der Waals surface area contributed by atoms with Gasteiger partial charge in [-0.05, 0) is 56.1 Å². The lowest BCUT2D eigenvalue weighted by atomic mass is 9.83. The minimum Gasteiger partial charge on any atom is -0.480 e. The van der Waals surface area contributed by atoms with E-state index in [9.17, 15) is 9.90 Å². The molecule has 2 saturated heterocycles. The first-order valence-corrected chi connectivity index (χ1v) is 14.4. The van der Waals surface area contributed by atoms with Crippen LogP contribution in [0, 0.1) is 11.8 Å². The van der Waals surface area contributed by atoms with Crippen molar-refractivity contribution in [1.29, 1.82) is 0 Å². The minimum atomic E-state index is -0.622. The van der Waals surface area contributed by atoms with Crippen molar-refractivity contribution in [3.63, 3.8) is 0 Å². The highest BCUT2D eigenvalue weighted by atomic mass is 16.4. The van der Waals surface area contributed by atoms with Crippen LogP contribution in [0.5, 0.6) is 0 Å². The van der Waals surface area contributed by atoms with E-state index in [0.29, 0.717) is 17.9 Å². The Bertz CT molecular complexity index is 976. The summed E-state index contributed by atoms with van der Waals surface area (Å²) < 4.78 is 0. The Kier molecular flexibility index (Phi) is 8.72. The van der Waals surface area contributed by atoms with Gasteiger partial charge in [0.1, 0.15) is 6.04 Å². The SMILES string of the molecule is CCN(c1ncccn1)C1CCN(CC2CN(C(C(=O)O)C3CCCCC3)CC2c2ccccc2)CC1. The number of hydrogen-bond donors (Lipinski definition) is 1. The summed E-state index contributed by atoms with van der Waals surface area (Å²) in [6.45, 7) is 8.01. The third-order valence-corrected chi connectivity index (χ3v) is 9.08. The van der Waals surface area contributed by atoms with Gasteiger partial charge in [-0.15, -0.1) is 0 Å². The van der Waals surface area contributed by atoms with Crippen molar-refractivity contribution in [3.8, 4) is 0 Å². The van der Waals surface area contributed by atoms with Gasteiger partial charge in [0.2, 0.25) is 5.95 Å². The first kappa shape index (κ1) is 26.1. The Morgan fingerprint density at radius 3 is 2.35 bits per heavy atom. The van der Waals surface area contributed by atoms with Crippen LogP contribution in [-0.2, 0) is 4.79 Å². The van der Waals surface area contributed by atoms with E-state index >= 15 is 0 Å². The van der Waals surface area contributed by atoms with Gasteiger partial charge in [0.05, 0.1) is 0 Å². The van der Waals surface area contributed by atoms with Crippen LogP contribution < -0.4 is 4.90 Å². The molecule has 0 amide bonds. The van der Waals surface area contributed by atoms with Crippen molar-refractivity contribution >= 4 is 11.9 Å². The van der Waals surface area contributed by atoms with Gasteiger partial charge in [0, 0.05) is 63.6 Å². The molecule has 3 fully saturated rings. The van der Waals surface area contributed by atoms with E-state index in [1.807, 2.05) is 18.5 Å². The largest absolute Gasteiger partial charge is 0.480 e. The fourth-order valence-electron chi connectivity index (χ4n) is 7.25. The molecule has 200 valence electrons. The second kappa shape index (κ2) is 12.4. The molecule has 3 heterocycles. The van der Waals surface area contributed by atoms with E-state index in [4.69, 9.17) is 0 Å². The fraction of sp³-hybridized carbons (Fsp3) is 0.633. The standard InChI is InChI=1S/C30H43N5O2/c1-2-35(30-31-16-9-17-32-30)26-14-18-33(19-15-26)20-25-21-34(22-27(25)23-10-5-3-6-11-23)28(29(36)37)24-12-7-4-8-13-24/h3,5-6,9-11,16-17,24-28H,2,4,7-8,12-15,18-22H2,1H3,(H,36,37). The van der Waals surface area contributed by atoms with Crippen molar-refractivity contribution in [2.24, 2.45) is 11.8 Å². The lowest BCUT2D eigenvalue weighted by molar-refractivity contribution is -0.145. The number of aromatic nitrogens is 2. The summed E-state index contributed by atoms with van der Waals surface area (Å²) in [6.07, 6.45) is 11.6. The quantitative estimate of drug-likeness (QED) is 0.537. The Labute approximate surface area is 221 Å². The highest BCUT2D eigenvalue weighted by Gasteiger charge is 2.43. The first-order chi connectivity index (χ1) is 18.1. The van der Waals surface area contributed by atoms with Gasteiger partial charge in [0.15, 0.2) is 0 Å². The smallest absolute Gasteiger partial charge is 0.321 e. The van der Waals surface area contributed by atoms with Crippen molar-refractivity contribution in [1.82, 2.24) is 19.8 Å². The van der Waals surface area contributed by atoms with E-state index < -0.39 is 5.97 Å². The Morgan fingerprint density at radius 2 is 1.70 bits per heavy atom. The maximum Gasteiger partial charge on any atom is 0.321 e. The number of benzene rings is 1. The number of carboxylic acids is 1. The van der Waals surface area contributed by atoms with Gasteiger partial charge < -0.3 is 14.9 Å². The van der Waals surface area contributed by atoms with E-state index in [1.165, 1.54) is 24.8 Å². The lowest BCUT2D eigenvalue weighted by Crippen LogP contribution is -2.48. The van der Waals surface area contributed by atoms with Gasteiger partial charge >= 0.3 is 5.97 Å². The molecule has 5 rings (SSSR count). The molecule has 0 spiro atoms. The molecule has 1 aliphatic carbocycles. The van der Waals surface area contributed by atoms with Crippen molar-refractivity contribution in [2.45, 2.75) is 69.9 Å². The lowest BCUT2D eigenvalue weighted by Gasteiger charge is -2.39. The molecule has 1 aromatic carbocycles. The normalized spacial score (nSPS) is 25.2. The molecule has 7 nitrogen and oxygen atoms in total. The molecular weight excluding hydrogens is 462 g/mol. The van der Waals surface area contributed by atoms with E-state index in [2.05, 4.69) is 61.9 Å². The number of anilines is 1. The van der Waals surface area contributed by atoms with Gasteiger partial charge in [-0.25, -0.2) is 9.97 Å². The molecule has 1 saturated carbocycles. The van der Waals surface area contributed by atoms with Crippen LogP contribution in [0.15, 0.2) is 48.8 Å². The number of nitrogens with zero attached hydrogens (tertiary/aromatic N) is 5. The molecule has 3 atom stereocenters. The van der Waals surface area contributed by atoms with E-state index in [-0.39, 0.29) is 12.0 Å². The fourth-order valence-corrected chi connectivity index (χ4v) is 7.25. The van der Waals surface area contributed by atoms with Crippen LogP contribution >= 0.6 is 0 Å². The summed E-state index contributed by atoms with van der Waals surface area (Å²) in [6, 6.07) is 12.8. The number of likely N-dealkylation sites (tertiary alicyclic amines) is 2. The number of piperidine rings is 1. The highest BCUT2D eigenvalue weighted by molar-refractivity contribution is 5.74. The first-order valence-electron chi connectivity index (χ1n) is 14.4. The predicted molar refractivity (Wildman–Crippen MR) is 147 cm³/mol. The molecule has 2 aromatic rings. The molecule has 3 aliphatic rings. The third kappa shape index (κ3) is 6.15. The number of aliphatic carboxylic acids is 1. The number of rotatable bonds is 9. The summed E-state index contributed by atoms with van der Waals surface area (Å²) in [4.78, 5) is 28.8. The highest BCUT2D eigenvalue weighted by Crippen LogP contribution is 2.38. The second-order valence-electron chi connectivity index (χ2n) is 11.3. The molecule has 1 N–H and O–H groups in total. The number of carbonyl (C=O) groups is 1. The summed E-state index contributed by atoms with van der Waals surface area (Å²) in [5, 5.41) is 10.3. The topological polar surface area (TPSA) is 72.8 Å².